The molecule has 0 amide bonds. The van der Waals surface area contributed by atoms with E-state index in [2.05, 4.69) is 217 Å². The third kappa shape index (κ3) is 5.44. The summed E-state index contributed by atoms with van der Waals surface area (Å²) in [6.45, 7) is 0. The highest BCUT2D eigenvalue weighted by Crippen LogP contribution is 2.48. The van der Waals surface area contributed by atoms with Crippen molar-refractivity contribution in [2.24, 2.45) is 0 Å². The minimum Gasteiger partial charge on any atom is -0.455 e. The number of hydrogen-bond acceptors (Lipinski definition) is 2. The lowest BCUT2D eigenvalue weighted by molar-refractivity contribution is 0.670. The van der Waals surface area contributed by atoms with Gasteiger partial charge in [0.15, 0.2) is 0 Å². The highest BCUT2D eigenvalue weighted by Gasteiger charge is 2.22. The monoisotopic (exact) mass is 787 g/mol. The third-order valence-electron chi connectivity index (χ3n) is 13.0. The average molecular weight is 788 g/mol. The predicted octanol–water partition coefficient (Wildman–Crippen LogP) is 17.2. The van der Waals surface area contributed by atoms with Crippen molar-refractivity contribution in [1.29, 1.82) is 0 Å². The first-order chi connectivity index (χ1) is 30.7. The van der Waals surface area contributed by atoms with Gasteiger partial charge < -0.3 is 9.32 Å². The summed E-state index contributed by atoms with van der Waals surface area (Å²) in [5, 5.41) is 9.96. The lowest BCUT2D eigenvalue weighted by Gasteiger charge is -2.26. The summed E-state index contributed by atoms with van der Waals surface area (Å²) in [5.74, 6) is 0. The van der Waals surface area contributed by atoms with Gasteiger partial charge >= 0.3 is 0 Å². The Bertz CT molecular complexity index is 3740. The molecule has 0 saturated heterocycles. The van der Waals surface area contributed by atoms with Gasteiger partial charge in [-0.3, -0.25) is 0 Å². The van der Waals surface area contributed by atoms with Crippen LogP contribution in [0.5, 0.6) is 0 Å². The summed E-state index contributed by atoms with van der Waals surface area (Å²) < 4.78 is 6.45. The Morgan fingerprint density at radius 1 is 0.274 bits per heavy atom. The molecule has 0 radical (unpaired) electrons. The van der Waals surface area contributed by atoms with Gasteiger partial charge in [0, 0.05) is 33.4 Å². The number of benzene rings is 11. The fourth-order valence-electron chi connectivity index (χ4n) is 10.0. The third-order valence-corrected chi connectivity index (χ3v) is 13.0. The van der Waals surface area contributed by atoms with Crippen LogP contribution in [0.2, 0.25) is 0 Å². The van der Waals surface area contributed by atoms with Crippen LogP contribution in [0.4, 0.5) is 17.1 Å². The zero-order valence-corrected chi connectivity index (χ0v) is 33.7. The molecule has 62 heavy (non-hydrogen) atoms. The van der Waals surface area contributed by atoms with E-state index >= 15 is 0 Å². The van der Waals surface area contributed by atoms with Crippen LogP contribution in [0.25, 0.3) is 110 Å². The Morgan fingerprint density at radius 3 is 1.69 bits per heavy atom. The molecule has 1 aliphatic rings. The second kappa shape index (κ2) is 13.7. The van der Waals surface area contributed by atoms with E-state index in [1.54, 1.807) is 0 Å². The fraction of sp³-hybridized carbons (Fsp3) is 0. The Hall–Kier alpha value is -8.20. The van der Waals surface area contributed by atoms with E-state index in [0.29, 0.717) is 0 Å². The number of furan rings is 1. The van der Waals surface area contributed by atoms with Gasteiger partial charge in [-0.05, 0) is 137 Å². The molecule has 0 fully saturated rings. The Labute approximate surface area is 359 Å². The van der Waals surface area contributed by atoms with E-state index in [0.717, 1.165) is 50.1 Å². The quantitative estimate of drug-likeness (QED) is 0.156. The van der Waals surface area contributed by atoms with Crippen LogP contribution < -0.4 is 4.90 Å². The number of anilines is 3. The maximum Gasteiger partial charge on any atom is 0.143 e. The second-order valence-corrected chi connectivity index (χ2v) is 16.5. The number of fused-ring (bicyclic) bond motifs is 9. The highest BCUT2D eigenvalue weighted by atomic mass is 16.3. The summed E-state index contributed by atoms with van der Waals surface area (Å²) in [5.41, 5.74) is 17.3. The van der Waals surface area contributed by atoms with Gasteiger partial charge in [-0.25, -0.2) is 0 Å². The van der Waals surface area contributed by atoms with E-state index < -0.39 is 0 Å². The SMILES string of the molecule is c1cc(-c2ccc3c(ccc4ccccc43)c2)cc(N(c2ccc(-c3ccc4c(c3)-c3cccc5cccc-4c35)cc2)c2ccc(-c3cccc4c3oc3ccccc34)cc2)c1. The van der Waals surface area contributed by atoms with Gasteiger partial charge in [-0.1, -0.05) is 170 Å². The van der Waals surface area contributed by atoms with Gasteiger partial charge in [0.2, 0.25) is 0 Å². The number of hydrogen-bond donors (Lipinski definition) is 0. The van der Waals surface area contributed by atoms with Crippen molar-refractivity contribution in [3.05, 3.63) is 224 Å². The first-order valence-electron chi connectivity index (χ1n) is 21.3. The Kier molecular flexibility index (Phi) is 7.64. The smallest absolute Gasteiger partial charge is 0.143 e. The summed E-state index contributed by atoms with van der Waals surface area (Å²) >= 11 is 0. The second-order valence-electron chi connectivity index (χ2n) is 16.5. The molecule has 0 unspecified atom stereocenters. The minimum atomic E-state index is 0.906. The zero-order valence-electron chi connectivity index (χ0n) is 33.7. The van der Waals surface area contributed by atoms with Crippen molar-refractivity contribution < 1.29 is 4.42 Å². The van der Waals surface area contributed by atoms with Crippen LogP contribution in [0, 0.1) is 0 Å². The van der Waals surface area contributed by atoms with Crippen molar-refractivity contribution in [3.63, 3.8) is 0 Å². The predicted molar refractivity (Wildman–Crippen MR) is 262 cm³/mol. The van der Waals surface area contributed by atoms with E-state index in [-0.39, 0.29) is 0 Å². The number of rotatable bonds is 6. The molecule has 0 N–H and O–H groups in total. The summed E-state index contributed by atoms with van der Waals surface area (Å²) in [6, 6.07) is 81.8. The van der Waals surface area contributed by atoms with Crippen molar-refractivity contribution >= 4 is 71.3 Å². The topological polar surface area (TPSA) is 16.4 Å². The van der Waals surface area contributed by atoms with Gasteiger partial charge in [0.25, 0.3) is 0 Å². The first kappa shape index (κ1) is 34.6. The number of nitrogens with zero attached hydrogens (tertiary/aromatic N) is 1. The van der Waals surface area contributed by atoms with Crippen LogP contribution in [0.1, 0.15) is 0 Å². The van der Waals surface area contributed by atoms with Crippen molar-refractivity contribution in [2.45, 2.75) is 0 Å². The Balaban J connectivity index is 0.905. The maximum atomic E-state index is 6.45. The summed E-state index contributed by atoms with van der Waals surface area (Å²) in [7, 11) is 0. The highest BCUT2D eigenvalue weighted by molar-refractivity contribution is 6.16. The Morgan fingerprint density at radius 2 is 0.855 bits per heavy atom. The van der Waals surface area contributed by atoms with Gasteiger partial charge in [0.1, 0.15) is 11.2 Å². The molecule has 1 aliphatic carbocycles. The van der Waals surface area contributed by atoms with Crippen LogP contribution in [0.3, 0.4) is 0 Å². The molecule has 0 spiro atoms. The maximum absolute atomic E-state index is 6.45. The normalized spacial score (nSPS) is 11.9. The molecule has 1 aromatic heterocycles. The molecule has 2 heteroatoms. The molecule has 1 heterocycles. The zero-order chi connectivity index (χ0) is 40.7. The lowest BCUT2D eigenvalue weighted by atomic mass is 9.96. The summed E-state index contributed by atoms with van der Waals surface area (Å²) in [6.07, 6.45) is 0. The molecule has 2 nitrogen and oxygen atoms in total. The van der Waals surface area contributed by atoms with Crippen molar-refractivity contribution in [1.82, 2.24) is 0 Å². The molecule has 11 aromatic carbocycles. The minimum absolute atomic E-state index is 0.906. The van der Waals surface area contributed by atoms with Crippen molar-refractivity contribution in [3.8, 4) is 55.6 Å². The molecular formula is C60H37NO. The van der Waals surface area contributed by atoms with Crippen molar-refractivity contribution in [2.75, 3.05) is 4.90 Å². The van der Waals surface area contributed by atoms with Crippen LogP contribution in [-0.4, -0.2) is 0 Å². The van der Waals surface area contributed by atoms with E-state index in [9.17, 15) is 0 Å². The van der Waals surface area contributed by atoms with E-state index in [4.69, 9.17) is 4.42 Å². The molecule has 0 bridgehead atoms. The van der Waals surface area contributed by atoms with Gasteiger partial charge in [-0.15, -0.1) is 0 Å². The lowest BCUT2D eigenvalue weighted by Crippen LogP contribution is -2.10. The molecule has 13 rings (SSSR count). The first-order valence-corrected chi connectivity index (χ1v) is 21.3. The number of para-hydroxylation sites is 2. The largest absolute Gasteiger partial charge is 0.455 e. The molecule has 12 aromatic rings. The molecule has 288 valence electrons. The van der Waals surface area contributed by atoms with E-state index in [1.165, 1.54) is 76.8 Å². The average Bonchev–Trinajstić information content (AvgIpc) is 3.88. The van der Waals surface area contributed by atoms with Crippen LogP contribution in [-0.2, 0) is 0 Å². The molecule has 0 atom stereocenters. The molecule has 0 saturated carbocycles. The van der Waals surface area contributed by atoms with E-state index in [1.807, 2.05) is 12.1 Å². The molecule has 0 aliphatic heterocycles. The van der Waals surface area contributed by atoms with Crippen LogP contribution >= 0.6 is 0 Å². The van der Waals surface area contributed by atoms with Crippen LogP contribution in [0.15, 0.2) is 229 Å². The summed E-state index contributed by atoms with van der Waals surface area (Å²) in [4.78, 5) is 2.37. The van der Waals surface area contributed by atoms with Gasteiger partial charge in [-0.2, -0.15) is 0 Å². The molecular weight excluding hydrogens is 751 g/mol. The standard InChI is InChI=1S/C60H37NO/c1-2-14-49-39(9-1)21-22-45-35-43(27-33-50(45)49)42-12-5-13-48(36-42)61(47-31-25-40(26-32-47)51-16-8-19-56-53-15-3-4-20-58(53)62-60(51)56)46-29-23-38(24-30-46)44-28-34-52-54-17-6-10-41-11-7-18-55(59(41)54)57(52)37-44/h1-37H. The fourth-order valence-corrected chi connectivity index (χ4v) is 10.0. The van der Waals surface area contributed by atoms with Gasteiger partial charge in [0.05, 0.1) is 0 Å².